The van der Waals surface area contributed by atoms with E-state index in [9.17, 15) is 4.79 Å². The van der Waals surface area contributed by atoms with Gasteiger partial charge in [0.25, 0.3) is 0 Å². The Morgan fingerprint density at radius 3 is 2.67 bits per heavy atom. The van der Waals surface area contributed by atoms with Crippen LogP contribution in [0.15, 0.2) is 24.3 Å². The molecule has 1 aromatic rings. The number of rotatable bonds is 6. The van der Waals surface area contributed by atoms with E-state index in [1.54, 1.807) is 7.11 Å². The molecule has 1 aromatic carbocycles. The van der Waals surface area contributed by atoms with E-state index >= 15 is 0 Å². The average molecular weight is 290 g/mol. The summed E-state index contributed by atoms with van der Waals surface area (Å²) in [6.07, 6.45) is 7.89. The largest absolute Gasteiger partial charge is 0.497 e. The monoisotopic (exact) mass is 290 g/mol. The van der Waals surface area contributed by atoms with Crippen LogP contribution in [-0.2, 0) is 16.0 Å². The standard InChI is InChI=1S/C18H26O3/c1-20-16-10-6-7-14(13-16)11-12-17(18(19)21-2)15-8-4-3-5-9-15/h6-7,10,13,15,17H,3-5,8-9,11-12H2,1-2H3. The third-order valence-electron chi connectivity index (χ3n) is 4.60. The van der Waals surface area contributed by atoms with Crippen molar-refractivity contribution in [3.8, 4) is 5.75 Å². The van der Waals surface area contributed by atoms with Crippen LogP contribution in [0.2, 0.25) is 0 Å². The van der Waals surface area contributed by atoms with E-state index in [4.69, 9.17) is 9.47 Å². The molecule has 0 saturated heterocycles. The zero-order valence-electron chi connectivity index (χ0n) is 13.1. The summed E-state index contributed by atoms with van der Waals surface area (Å²) in [5, 5.41) is 0. The van der Waals surface area contributed by atoms with Gasteiger partial charge in [0.05, 0.1) is 20.1 Å². The van der Waals surface area contributed by atoms with E-state index in [2.05, 4.69) is 12.1 Å². The van der Waals surface area contributed by atoms with Gasteiger partial charge in [-0.1, -0.05) is 31.4 Å². The SMILES string of the molecule is COC(=O)C(CCc1cccc(OC)c1)C1CCCCC1. The van der Waals surface area contributed by atoms with E-state index in [-0.39, 0.29) is 11.9 Å². The Bertz CT molecular complexity index is 450. The van der Waals surface area contributed by atoms with Crippen molar-refractivity contribution >= 4 is 5.97 Å². The maximum absolute atomic E-state index is 12.1. The van der Waals surface area contributed by atoms with E-state index in [1.165, 1.54) is 31.9 Å². The van der Waals surface area contributed by atoms with Crippen LogP contribution >= 0.6 is 0 Å². The van der Waals surface area contributed by atoms with Gasteiger partial charge in [-0.2, -0.15) is 0 Å². The van der Waals surface area contributed by atoms with Gasteiger partial charge in [0.1, 0.15) is 5.75 Å². The van der Waals surface area contributed by atoms with Gasteiger partial charge in [-0.25, -0.2) is 0 Å². The molecule has 0 aromatic heterocycles. The lowest BCUT2D eigenvalue weighted by Gasteiger charge is -2.28. The van der Waals surface area contributed by atoms with Crippen LogP contribution in [0.3, 0.4) is 0 Å². The number of esters is 1. The van der Waals surface area contributed by atoms with Crippen LogP contribution in [0.4, 0.5) is 0 Å². The van der Waals surface area contributed by atoms with Gasteiger partial charge in [-0.15, -0.1) is 0 Å². The highest BCUT2D eigenvalue weighted by molar-refractivity contribution is 5.72. The lowest BCUT2D eigenvalue weighted by molar-refractivity contribution is -0.148. The summed E-state index contributed by atoms with van der Waals surface area (Å²) in [5.41, 5.74) is 1.22. The van der Waals surface area contributed by atoms with Crippen LogP contribution in [0.1, 0.15) is 44.1 Å². The molecule has 0 heterocycles. The van der Waals surface area contributed by atoms with E-state index in [0.717, 1.165) is 31.4 Å². The number of ether oxygens (including phenoxy) is 2. The van der Waals surface area contributed by atoms with Gasteiger partial charge in [-0.3, -0.25) is 4.79 Å². The fourth-order valence-corrected chi connectivity index (χ4v) is 3.38. The summed E-state index contributed by atoms with van der Waals surface area (Å²) < 4.78 is 10.3. The lowest BCUT2D eigenvalue weighted by Crippen LogP contribution is -2.27. The molecule has 2 rings (SSSR count). The Morgan fingerprint density at radius 1 is 1.24 bits per heavy atom. The molecule has 1 aliphatic rings. The predicted octanol–water partition coefficient (Wildman–Crippen LogP) is 4.00. The first kappa shape index (κ1) is 15.9. The maximum Gasteiger partial charge on any atom is 0.308 e. The first-order chi connectivity index (χ1) is 10.2. The molecule has 0 spiro atoms. The fourth-order valence-electron chi connectivity index (χ4n) is 3.38. The van der Waals surface area contributed by atoms with Crippen molar-refractivity contribution in [3.05, 3.63) is 29.8 Å². The maximum atomic E-state index is 12.1. The molecular formula is C18H26O3. The van der Waals surface area contributed by atoms with Crippen LogP contribution < -0.4 is 4.74 Å². The van der Waals surface area contributed by atoms with Crippen LogP contribution in [0.5, 0.6) is 5.75 Å². The summed E-state index contributed by atoms with van der Waals surface area (Å²) in [6, 6.07) is 8.09. The van der Waals surface area contributed by atoms with Crippen molar-refractivity contribution in [2.45, 2.75) is 44.9 Å². The molecule has 0 aliphatic heterocycles. The molecule has 1 unspecified atom stereocenters. The highest BCUT2D eigenvalue weighted by atomic mass is 16.5. The second-order valence-corrected chi connectivity index (χ2v) is 5.92. The number of benzene rings is 1. The van der Waals surface area contributed by atoms with Crippen molar-refractivity contribution in [1.29, 1.82) is 0 Å². The van der Waals surface area contributed by atoms with Gasteiger partial charge in [0.2, 0.25) is 0 Å². The van der Waals surface area contributed by atoms with Gasteiger partial charge in [0.15, 0.2) is 0 Å². The molecule has 1 fully saturated rings. The third-order valence-corrected chi connectivity index (χ3v) is 4.60. The minimum atomic E-state index is -0.0372. The van der Waals surface area contributed by atoms with E-state index < -0.39 is 0 Å². The first-order valence-electron chi connectivity index (χ1n) is 7.95. The molecule has 1 saturated carbocycles. The zero-order chi connectivity index (χ0) is 15.1. The van der Waals surface area contributed by atoms with Gasteiger partial charge in [-0.05, 0) is 49.3 Å². The fraction of sp³-hybridized carbons (Fsp3) is 0.611. The second-order valence-electron chi connectivity index (χ2n) is 5.92. The molecule has 1 aliphatic carbocycles. The molecule has 116 valence electrons. The highest BCUT2D eigenvalue weighted by Gasteiger charge is 2.29. The summed E-state index contributed by atoms with van der Waals surface area (Å²) in [4.78, 5) is 12.1. The number of hydrogen-bond acceptors (Lipinski definition) is 3. The molecule has 0 amide bonds. The first-order valence-corrected chi connectivity index (χ1v) is 7.95. The third kappa shape index (κ3) is 4.48. The Morgan fingerprint density at radius 2 is 2.00 bits per heavy atom. The second kappa shape index (κ2) is 8.06. The molecule has 0 N–H and O–H groups in total. The molecule has 21 heavy (non-hydrogen) atoms. The summed E-state index contributed by atoms with van der Waals surface area (Å²) in [6.45, 7) is 0. The Hall–Kier alpha value is -1.51. The van der Waals surface area contributed by atoms with Crippen LogP contribution in [0, 0.1) is 11.8 Å². The Balaban J connectivity index is 1.99. The summed E-state index contributed by atoms with van der Waals surface area (Å²) in [5.74, 6) is 1.38. The summed E-state index contributed by atoms with van der Waals surface area (Å²) >= 11 is 0. The number of carbonyl (C=O) groups excluding carboxylic acids is 1. The Kier molecular flexibility index (Phi) is 6.09. The molecule has 3 heteroatoms. The highest BCUT2D eigenvalue weighted by Crippen LogP contribution is 2.33. The van der Waals surface area contributed by atoms with Crippen LogP contribution in [-0.4, -0.2) is 20.2 Å². The normalized spacial score (nSPS) is 17.2. The topological polar surface area (TPSA) is 35.5 Å². The minimum Gasteiger partial charge on any atom is -0.497 e. The number of methoxy groups -OCH3 is 2. The predicted molar refractivity (Wildman–Crippen MR) is 83.4 cm³/mol. The van der Waals surface area contributed by atoms with Gasteiger partial charge >= 0.3 is 5.97 Å². The molecule has 0 bridgehead atoms. The molecule has 3 nitrogen and oxygen atoms in total. The van der Waals surface area contributed by atoms with Crippen molar-refractivity contribution in [2.75, 3.05) is 14.2 Å². The van der Waals surface area contributed by atoms with Crippen LogP contribution in [0.25, 0.3) is 0 Å². The van der Waals surface area contributed by atoms with Crippen molar-refractivity contribution in [3.63, 3.8) is 0 Å². The quantitative estimate of drug-likeness (QED) is 0.743. The van der Waals surface area contributed by atoms with E-state index in [0.29, 0.717) is 5.92 Å². The zero-order valence-corrected chi connectivity index (χ0v) is 13.1. The van der Waals surface area contributed by atoms with Crippen molar-refractivity contribution < 1.29 is 14.3 Å². The van der Waals surface area contributed by atoms with Gasteiger partial charge < -0.3 is 9.47 Å². The number of aryl methyl sites for hydroxylation is 1. The molecule has 1 atom stereocenters. The smallest absolute Gasteiger partial charge is 0.308 e. The Labute approximate surface area is 127 Å². The number of carbonyl (C=O) groups is 1. The average Bonchev–Trinajstić information content (AvgIpc) is 2.56. The summed E-state index contributed by atoms with van der Waals surface area (Å²) in [7, 11) is 3.18. The van der Waals surface area contributed by atoms with E-state index in [1.807, 2.05) is 12.1 Å². The van der Waals surface area contributed by atoms with Crippen molar-refractivity contribution in [2.24, 2.45) is 11.8 Å². The van der Waals surface area contributed by atoms with Crippen molar-refractivity contribution in [1.82, 2.24) is 0 Å². The minimum absolute atomic E-state index is 0.0372. The molecular weight excluding hydrogens is 264 g/mol. The molecule has 0 radical (unpaired) electrons. The number of hydrogen-bond donors (Lipinski definition) is 0. The van der Waals surface area contributed by atoms with Gasteiger partial charge in [0, 0.05) is 0 Å². The lowest BCUT2D eigenvalue weighted by atomic mass is 9.77.